The normalized spacial score (nSPS) is 9.40. The van der Waals surface area contributed by atoms with Gasteiger partial charge in [-0.15, -0.1) is 0 Å². The highest BCUT2D eigenvalue weighted by Gasteiger charge is 2.17. The Hall–Kier alpha value is -1.93. The van der Waals surface area contributed by atoms with E-state index in [0.29, 0.717) is 5.56 Å². The summed E-state index contributed by atoms with van der Waals surface area (Å²) in [4.78, 5) is 20.8. The van der Waals surface area contributed by atoms with E-state index in [4.69, 9.17) is 16.9 Å². The van der Waals surface area contributed by atoms with Gasteiger partial charge in [0.15, 0.2) is 0 Å². The number of rotatable bonds is 2. The van der Waals surface area contributed by atoms with Gasteiger partial charge in [0.05, 0.1) is 16.1 Å². The summed E-state index contributed by atoms with van der Waals surface area (Å²) in [7, 11) is 0. The minimum absolute atomic E-state index is 0.0700. The number of carbonyl (C=O) groups excluding carboxylic acids is 1. The van der Waals surface area contributed by atoms with Crippen LogP contribution in [-0.4, -0.2) is 10.2 Å². The van der Waals surface area contributed by atoms with Gasteiger partial charge in [0, 0.05) is 12.1 Å². The lowest BCUT2D eigenvalue weighted by Gasteiger charge is -2.01. The first kappa shape index (κ1) is 11.1. The predicted octanol–water partition coefficient (Wildman–Crippen LogP) is 2.15. The zero-order valence-corrected chi connectivity index (χ0v) is 8.41. The number of carbonyl (C=O) groups is 1. The van der Waals surface area contributed by atoms with Gasteiger partial charge < -0.3 is 0 Å². The lowest BCUT2D eigenvalue weighted by Crippen LogP contribution is -2.00. The zero-order valence-electron chi connectivity index (χ0n) is 7.65. The summed E-state index contributed by atoms with van der Waals surface area (Å²) in [5.41, 5.74) is 0.0395. The first-order chi connectivity index (χ1) is 6.97. The van der Waals surface area contributed by atoms with Crippen LogP contribution >= 0.6 is 11.6 Å². The van der Waals surface area contributed by atoms with Gasteiger partial charge in [-0.1, -0.05) is 0 Å². The van der Waals surface area contributed by atoms with Crippen molar-refractivity contribution >= 4 is 22.5 Å². The molecular weight excluding hydrogens is 220 g/mol. The summed E-state index contributed by atoms with van der Waals surface area (Å²) in [5.74, 6) is 0. The Morgan fingerprint density at radius 2 is 2.20 bits per heavy atom. The molecule has 15 heavy (non-hydrogen) atoms. The second-order valence-electron chi connectivity index (χ2n) is 2.83. The molecule has 0 radical (unpaired) electrons. The molecule has 0 atom stereocenters. The molecule has 0 aromatic heterocycles. The van der Waals surface area contributed by atoms with E-state index in [-0.39, 0.29) is 16.8 Å². The van der Waals surface area contributed by atoms with Crippen LogP contribution in [0.4, 0.5) is 5.69 Å². The molecule has 0 saturated carbocycles. The molecule has 1 aromatic carbocycles. The number of non-ortho nitro benzene ring substituents is 1. The van der Waals surface area contributed by atoms with Crippen molar-refractivity contribution in [2.24, 2.45) is 0 Å². The minimum atomic E-state index is -0.877. The molecule has 6 heteroatoms. The van der Waals surface area contributed by atoms with Crippen LogP contribution in [0.15, 0.2) is 12.1 Å². The van der Waals surface area contributed by atoms with Gasteiger partial charge in [-0.05, 0) is 24.1 Å². The Labute approximate surface area is 90.0 Å². The largest absolute Gasteiger partial charge is 0.276 e. The fourth-order valence-electron chi connectivity index (χ4n) is 1.18. The molecule has 0 unspecified atom stereocenters. The quantitative estimate of drug-likeness (QED) is 0.438. The lowest BCUT2D eigenvalue weighted by atomic mass is 10.0. The number of aryl methyl sites for hydroxylation is 1. The molecule has 76 valence electrons. The number of hydrogen-bond acceptors (Lipinski definition) is 4. The summed E-state index contributed by atoms with van der Waals surface area (Å²) in [6.07, 6.45) is 0. The van der Waals surface area contributed by atoms with E-state index in [1.807, 2.05) is 0 Å². The van der Waals surface area contributed by atoms with Crippen LogP contribution in [0.3, 0.4) is 0 Å². The number of hydrogen-bond donors (Lipinski definition) is 0. The van der Waals surface area contributed by atoms with Crippen molar-refractivity contribution < 1.29 is 9.72 Å². The number of benzene rings is 1. The standard InChI is InChI=1S/C9H5ClN2O3/c1-5-2-6(12(14)15)3-7(9(10)13)8(5)4-11/h2-3H,1H3. The van der Waals surface area contributed by atoms with Crippen molar-refractivity contribution in [2.75, 3.05) is 0 Å². The van der Waals surface area contributed by atoms with Crippen LogP contribution in [0, 0.1) is 28.4 Å². The van der Waals surface area contributed by atoms with E-state index < -0.39 is 10.2 Å². The molecular formula is C9H5ClN2O3. The molecule has 5 nitrogen and oxygen atoms in total. The molecule has 0 aliphatic rings. The Morgan fingerprint density at radius 3 is 2.60 bits per heavy atom. The maximum absolute atomic E-state index is 10.9. The summed E-state index contributed by atoms with van der Waals surface area (Å²) in [5, 5.41) is 18.4. The second kappa shape index (κ2) is 4.07. The van der Waals surface area contributed by atoms with Crippen molar-refractivity contribution in [2.45, 2.75) is 6.92 Å². The molecule has 0 aliphatic carbocycles. The highest BCUT2D eigenvalue weighted by Crippen LogP contribution is 2.22. The number of nitro groups is 1. The van der Waals surface area contributed by atoms with Gasteiger partial charge >= 0.3 is 0 Å². The summed E-state index contributed by atoms with van der Waals surface area (Å²) in [6, 6.07) is 4.01. The van der Waals surface area contributed by atoms with Crippen LogP contribution in [0.25, 0.3) is 0 Å². The number of nitro benzene ring substituents is 1. The molecule has 0 heterocycles. The van der Waals surface area contributed by atoms with Crippen molar-refractivity contribution in [1.82, 2.24) is 0 Å². The zero-order chi connectivity index (χ0) is 11.6. The topological polar surface area (TPSA) is 84.0 Å². The monoisotopic (exact) mass is 224 g/mol. The molecule has 0 aliphatic heterocycles. The fraction of sp³-hybridized carbons (Fsp3) is 0.111. The van der Waals surface area contributed by atoms with E-state index in [0.717, 1.165) is 6.07 Å². The van der Waals surface area contributed by atoms with E-state index in [1.54, 1.807) is 6.07 Å². The SMILES string of the molecule is Cc1cc([N+](=O)[O-])cc(C(=O)Cl)c1C#N. The van der Waals surface area contributed by atoms with Gasteiger partial charge in [0.2, 0.25) is 0 Å². The molecule has 0 spiro atoms. The molecule has 0 N–H and O–H groups in total. The first-order valence-corrected chi connectivity index (χ1v) is 4.24. The fourth-order valence-corrected chi connectivity index (χ4v) is 1.33. The number of halogens is 1. The summed E-state index contributed by atoms with van der Waals surface area (Å²) < 4.78 is 0. The first-order valence-electron chi connectivity index (χ1n) is 3.86. The smallest absolute Gasteiger partial charge is 0.270 e. The third-order valence-corrected chi connectivity index (χ3v) is 2.06. The number of nitrogens with zero attached hydrogens (tertiary/aromatic N) is 2. The Balaban J connectivity index is 3.54. The maximum Gasteiger partial charge on any atom is 0.270 e. The third-order valence-electron chi connectivity index (χ3n) is 1.85. The van der Waals surface area contributed by atoms with Crippen LogP contribution in [0.5, 0.6) is 0 Å². The molecule has 1 aromatic rings. The van der Waals surface area contributed by atoms with Crippen LogP contribution in [0.2, 0.25) is 0 Å². The van der Waals surface area contributed by atoms with E-state index >= 15 is 0 Å². The summed E-state index contributed by atoms with van der Waals surface area (Å²) in [6.45, 7) is 1.51. The van der Waals surface area contributed by atoms with Crippen molar-refractivity contribution in [3.8, 4) is 6.07 Å². The predicted molar refractivity (Wildman–Crippen MR) is 52.7 cm³/mol. The van der Waals surface area contributed by atoms with Gasteiger partial charge in [-0.2, -0.15) is 5.26 Å². The molecule has 0 saturated heterocycles. The Kier molecular flexibility index (Phi) is 3.02. The van der Waals surface area contributed by atoms with E-state index in [9.17, 15) is 14.9 Å². The summed E-state index contributed by atoms with van der Waals surface area (Å²) >= 11 is 5.22. The molecule has 0 bridgehead atoms. The van der Waals surface area contributed by atoms with Crippen LogP contribution < -0.4 is 0 Å². The van der Waals surface area contributed by atoms with Crippen molar-refractivity contribution in [3.05, 3.63) is 38.9 Å². The second-order valence-corrected chi connectivity index (χ2v) is 3.17. The van der Waals surface area contributed by atoms with Crippen LogP contribution in [0.1, 0.15) is 21.5 Å². The molecule has 1 rings (SSSR count). The van der Waals surface area contributed by atoms with Gasteiger partial charge in [-0.25, -0.2) is 0 Å². The molecule has 0 amide bonds. The Morgan fingerprint density at radius 1 is 1.60 bits per heavy atom. The Bertz CT molecular complexity index is 491. The van der Waals surface area contributed by atoms with E-state index in [1.165, 1.54) is 13.0 Å². The number of nitriles is 1. The van der Waals surface area contributed by atoms with Crippen molar-refractivity contribution in [1.29, 1.82) is 5.26 Å². The van der Waals surface area contributed by atoms with Gasteiger partial charge in [0.1, 0.15) is 6.07 Å². The third kappa shape index (κ3) is 2.11. The lowest BCUT2D eigenvalue weighted by molar-refractivity contribution is -0.384. The van der Waals surface area contributed by atoms with E-state index in [2.05, 4.69) is 0 Å². The average Bonchev–Trinajstić information content (AvgIpc) is 2.16. The minimum Gasteiger partial charge on any atom is -0.276 e. The van der Waals surface area contributed by atoms with Gasteiger partial charge in [0.25, 0.3) is 10.9 Å². The highest BCUT2D eigenvalue weighted by atomic mass is 35.5. The highest BCUT2D eigenvalue weighted by molar-refractivity contribution is 6.68. The molecule has 0 fully saturated rings. The van der Waals surface area contributed by atoms with Crippen LogP contribution in [-0.2, 0) is 0 Å². The van der Waals surface area contributed by atoms with Gasteiger partial charge in [-0.3, -0.25) is 14.9 Å². The average molecular weight is 225 g/mol. The van der Waals surface area contributed by atoms with Crippen molar-refractivity contribution in [3.63, 3.8) is 0 Å². The maximum atomic E-state index is 10.9.